The van der Waals surface area contributed by atoms with E-state index in [2.05, 4.69) is 0 Å². The Balaban J connectivity index is 2.95. The Morgan fingerprint density at radius 3 is 2.16 bits per heavy atom. The summed E-state index contributed by atoms with van der Waals surface area (Å²) in [6.45, 7) is -1.60. The second-order valence-electron chi connectivity index (χ2n) is 3.52. The highest BCUT2D eigenvalue weighted by molar-refractivity contribution is 14.1. The topological polar surface area (TPSA) is 29.1 Å². The van der Waals surface area contributed by atoms with E-state index < -0.39 is 35.9 Å². The maximum absolute atomic E-state index is 12.5. The van der Waals surface area contributed by atoms with Gasteiger partial charge in [-0.05, 0) is 40.8 Å². The Labute approximate surface area is 117 Å². The molecule has 0 saturated carbocycles. The third-order valence-electron chi connectivity index (χ3n) is 1.94. The van der Waals surface area contributed by atoms with Crippen molar-refractivity contribution in [2.24, 2.45) is 0 Å². The van der Waals surface area contributed by atoms with Crippen LogP contribution in [0, 0.1) is 3.57 Å². The molecule has 19 heavy (non-hydrogen) atoms. The lowest BCUT2D eigenvalue weighted by Gasteiger charge is -2.11. The van der Waals surface area contributed by atoms with Crippen LogP contribution in [0.15, 0.2) is 18.2 Å². The minimum absolute atomic E-state index is 0.101. The summed E-state index contributed by atoms with van der Waals surface area (Å²) >= 11 is 1.55. The molecule has 1 N–H and O–H groups in total. The van der Waals surface area contributed by atoms with Gasteiger partial charge in [-0.25, -0.2) is 0 Å². The molecular formula is C10H6F6INO. The summed E-state index contributed by atoms with van der Waals surface area (Å²) in [5.74, 6) is -1.21. The maximum Gasteiger partial charge on any atom is 0.416 e. The smallest absolute Gasteiger partial charge is 0.343 e. The van der Waals surface area contributed by atoms with E-state index in [0.717, 1.165) is 12.1 Å². The molecule has 2 nitrogen and oxygen atoms in total. The van der Waals surface area contributed by atoms with Crippen molar-refractivity contribution < 1.29 is 31.1 Å². The molecule has 1 rings (SSSR count). The Bertz CT molecular complexity index is 482. The van der Waals surface area contributed by atoms with E-state index in [0.29, 0.717) is 6.07 Å². The van der Waals surface area contributed by atoms with Crippen LogP contribution in [0.2, 0.25) is 0 Å². The molecule has 0 radical (unpaired) electrons. The first-order valence-corrected chi connectivity index (χ1v) is 5.79. The first-order chi connectivity index (χ1) is 8.49. The van der Waals surface area contributed by atoms with E-state index in [4.69, 9.17) is 0 Å². The number of hydrogen-bond acceptors (Lipinski definition) is 1. The second kappa shape index (κ2) is 5.55. The predicted octanol–water partition coefficient (Wildman–Crippen LogP) is 3.60. The van der Waals surface area contributed by atoms with Crippen LogP contribution in [0.25, 0.3) is 0 Å². The van der Waals surface area contributed by atoms with E-state index in [1.54, 1.807) is 22.6 Å². The lowest BCUT2D eigenvalue weighted by Crippen LogP contribution is -2.33. The average molecular weight is 397 g/mol. The second-order valence-corrected chi connectivity index (χ2v) is 4.77. The zero-order valence-corrected chi connectivity index (χ0v) is 11.2. The quantitative estimate of drug-likeness (QED) is 0.600. The number of benzene rings is 1. The van der Waals surface area contributed by atoms with Crippen LogP contribution in [0.3, 0.4) is 0 Å². The fourth-order valence-corrected chi connectivity index (χ4v) is 1.84. The van der Waals surface area contributed by atoms with Gasteiger partial charge in [-0.3, -0.25) is 4.79 Å². The van der Waals surface area contributed by atoms with Gasteiger partial charge in [0.25, 0.3) is 5.91 Å². The Morgan fingerprint density at radius 2 is 1.68 bits per heavy atom. The third-order valence-corrected chi connectivity index (χ3v) is 2.56. The van der Waals surface area contributed by atoms with Crippen molar-refractivity contribution in [1.82, 2.24) is 5.32 Å². The van der Waals surface area contributed by atoms with Crippen LogP contribution in [0.5, 0.6) is 0 Å². The molecule has 9 heteroatoms. The number of amides is 1. The molecule has 0 saturated heterocycles. The molecule has 0 fully saturated rings. The number of carbonyl (C=O) groups is 1. The van der Waals surface area contributed by atoms with E-state index in [-0.39, 0.29) is 3.57 Å². The van der Waals surface area contributed by atoms with Gasteiger partial charge in [0.1, 0.15) is 6.54 Å². The van der Waals surface area contributed by atoms with E-state index in [1.165, 1.54) is 5.32 Å². The van der Waals surface area contributed by atoms with Gasteiger partial charge in [-0.1, -0.05) is 0 Å². The Kier molecular flexibility index (Phi) is 4.69. The van der Waals surface area contributed by atoms with Crippen LogP contribution in [0.4, 0.5) is 26.3 Å². The SMILES string of the molecule is O=C(NCC(F)(F)F)c1cc(I)cc(C(F)(F)F)c1. The Morgan fingerprint density at radius 1 is 1.11 bits per heavy atom. The van der Waals surface area contributed by atoms with Crippen molar-refractivity contribution in [1.29, 1.82) is 0 Å². The van der Waals surface area contributed by atoms with Crippen LogP contribution in [0.1, 0.15) is 15.9 Å². The van der Waals surface area contributed by atoms with Crippen LogP contribution in [-0.4, -0.2) is 18.6 Å². The van der Waals surface area contributed by atoms with Crippen molar-refractivity contribution in [2.45, 2.75) is 12.4 Å². The molecule has 1 amide bonds. The molecule has 0 atom stereocenters. The fraction of sp³-hybridized carbons (Fsp3) is 0.300. The van der Waals surface area contributed by atoms with Gasteiger partial charge in [0, 0.05) is 9.13 Å². The van der Waals surface area contributed by atoms with Crippen LogP contribution in [-0.2, 0) is 6.18 Å². The lowest BCUT2D eigenvalue weighted by molar-refractivity contribution is -0.137. The number of alkyl halides is 6. The zero-order chi connectivity index (χ0) is 14.8. The fourth-order valence-electron chi connectivity index (χ4n) is 1.17. The predicted molar refractivity (Wildman–Crippen MR) is 62.5 cm³/mol. The number of carbonyl (C=O) groups excluding carboxylic acids is 1. The number of rotatable bonds is 2. The van der Waals surface area contributed by atoms with Gasteiger partial charge >= 0.3 is 12.4 Å². The van der Waals surface area contributed by atoms with Crippen LogP contribution < -0.4 is 5.32 Å². The normalized spacial score (nSPS) is 12.4. The highest BCUT2D eigenvalue weighted by atomic mass is 127. The lowest BCUT2D eigenvalue weighted by atomic mass is 10.1. The van der Waals surface area contributed by atoms with Crippen molar-refractivity contribution in [2.75, 3.05) is 6.54 Å². The average Bonchev–Trinajstić information content (AvgIpc) is 2.22. The standard InChI is InChI=1S/C10H6F6INO/c11-9(12,13)4-18-8(19)5-1-6(10(14,15)16)3-7(17)2-5/h1-3H,4H2,(H,18,19). The first-order valence-electron chi connectivity index (χ1n) is 4.72. The van der Waals surface area contributed by atoms with Gasteiger partial charge in [0.05, 0.1) is 5.56 Å². The summed E-state index contributed by atoms with van der Waals surface area (Å²) in [5, 5.41) is 1.51. The van der Waals surface area contributed by atoms with Crippen molar-refractivity contribution in [3.8, 4) is 0 Å². The van der Waals surface area contributed by atoms with Gasteiger partial charge in [0.2, 0.25) is 0 Å². The largest absolute Gasteiger partial charge is 0.416 e. The maximum atomic E-state index is 12.5. The molecule has 0 unspecified atom stereocenters. The van der Waals surface area contributed by atoms with Crippen LogP contribution >= 0.6 is 22.6 Å². The van der Waals surface area contributed by atoms with Crippen molar-refractivity contribution in [3.05, 3.63) is 32.9 Å². The molecule has 0 aromatic heterocycles. The minimum Gasteiger partial charge on any atom is -0.343 e. The van der Waals surface area contributed by atoms with E-state index >= 15 is 0 Å². The van der Waals surface area contributed by atoms with Gasteiger partial charge in [-0.15, -0.1) is 0 Å². The van der Waals surface area contributed by atoms with E-state index in [1.807, 2.05) is 0 Å². The Hall–Kier alpha value is -1.00. The van der Waals surface area contributed by atoms with E-state index in [9.17, 15) is 31.1 Å². The molecule has 0 spiro atoms. The summed E-state index contributed by atoms with van der Waals surface area (Å²) in [6, 6.07) is 2.37. The summed E-state index contributed by atoms with van der Waals surface area (Å²) < 4.78 is 73.2. The molecule has 0 aliphatic carbocycles. The van der Waals surface area contributed by atoms with Crippen molar-refractivity contribution in [3.63, 3.8) is 0 Å². The molecule has 1 aromatic carbocycles. The summed E-state index contributed by atoms with van der Waals surface area (Å²) in [6.07, 6.45) is -9.29. The van der Waals surface area contributed by atoms with Gasteiger partial charge in [0.15, 0.2) is 0 Å². The first kappa shape index (κ1) is 16.1. The van der Waals surface area contributed by atoms with Crippen molar-refractivity contribution >= 4 is 28.5 Å². The molecular weight excluding hydrogens is 391 g/mol. The summed E-state index contributed by atoms with van der Waals surface area (Å²) in [5.41, 5.74) is -1.56. The molecule has 106 valence electrons. The number of hydrogen-bond donors (Lipinski definition) is 1. The molecule has 0 aliphatic rings. The van der Waals surface area contributed by atoms with Gasteiger partial charge < -0.3 is 5.32 Å². The molecule has 0 heterocycles. The third kappa shape index (κ3) is 5.25. The molecule has 0 bridgehead atoms. The summed E-state index contributed by atoms with van der Waals surface area (Å²) in [4.78, 5) is 11.3. The highest BCUT2D eigenvalue weighted by Gasteiger charge is 2.32. The van der Waals surface area contributed by atoms with Gasteiger partial charge in [-0.2, -0.15) is 26.3 Å². The zero-order valence-electron chi connectivity index (χ0n) is 8.99. The minimum atomic E-state index is -4.67. The molecule has 1 aromatic rings. The molecule has 0 aliphatic heterocycles. The monoisotopic (exact) mass is 397 g/mol. The number of nitrogens with one attached hydrogen (secondary N) is 1. The highest BCUT2D eigenvalue weighted by Crippen LogP contribution is 2.31. The number of halogens is 7. The summed E-state index contributed by atoms with van der Waals surface area (Å²) in [7, 11) is 0.